The van der Waals surface area contributed by atoms with Crippen LogP contribution in [0.2, 0.25) is 5.02 Å². The smallest absolute Gasteiger partial charge is 0.306 e. The summed E-state index contributed by atoms with van der Waals surface area (Å²) < 4.78 is 0. The van der Waals surface area contributed by atoms with Gasteiger partial charge in [-0.15, -0.1) is 0 Å². The summed E-state index contributed by atoms with van der Waals surface area (Å²) >= 11 is 5.79. The number of nitrogens with zero attached hydrogens (tertiary/aromatic N) is 1. The number of rotatable bonds is 7. The van der Waals surface area contributed by atoms with Crippen molar-refractivity contribution in [1.82, 2.24) is 0 Å². The fraction of sp³-hybridized carbons (Fsp3) is 0.417. The minimum Gasteiger partial charge on any atom is -0.481 e. The van der Waals surface area contributed by atoms with E-state index in [9.17, 15) is 14.9 Å². The molecule has 104 valence electrons. The number of carbonyl (C=O) groups is 1. The van der Waals surface area contributed by atoms with Crippen LogP contribution < -0.4 is 5.32 Å². The number of anilines is 1. The van der Waals surface area contributed by atoms with Gasteiger partial charge in [-0.05, 0) is 25.0 Å². The van der Waals surface area contributed by atoms with Gasteiger partial charge in [-0.2, -0.15) is 0 Å². The zero-order chi connectivity index (χ0) is 14.4. The van der Waals surface area contributed by atoms with Crippen LogP contribution in [0.25, 0.3) is 0 Å². The first-order chi connectivity index (χ1) is 8.91. The minimum absolute atomic E-state index is 0.0457. The van der Waals surface area contributed by atoms with Crippen molar-refractivity contribution in [2.75, 3.05) is 11.9 Å². The van der Waals surface area contributed by atoms with E-state index >= 15 is 0 Å². The van der Waals surface area contributed by atoms with Gasteiger partial charge in [0.25, 0.3) is 5.69 Å². The molecular formula is C12H15ClN2O4. The highest BCUT2D eigenvalue weighted by Crippen LogP contribution is 2.27. The van der Waals surface area contributed by atoms with E-state index in [2.05, 4.69) is 5.32 Å². The van der Waals surface area contributed by atoms with Gasteiger partial charge in [0, 0.05) is 17.6 Å². The van der Waals surface area contributed by atoms with Crippen molar-refractivity contribution in [1.29, 1.82) is 0 Å². The lowest BCUT2D eigenvalue weighted by Crippen LogP contribution is -2.12. The number of hydrogen-bond donors (Lipinski definition) is 2. The third kappa shape index (κ3) is 4.75. The van der Waals surface area contributed by atoms with E-state index < -0.39 is 16.8 Å². The first-order valence-electron chi connectivity index (χ1n) is 5.82. The zero-order valence-corrected chi connectivity index (χ0v) is 11.2. The molecular weight excluding hydrogens is 272 g/mol. The average molecular weight is 287 g/mol. The second-order valence-corrected chi connectivity index (χ2v) is 4.66. The van der Waals surface area contributed by atoms with Gasteiger partial charge in [-0.3, -0.25) is 14.9 Å². The maximum atomic E-state index is 10.8. The van der Waals surface area contributed by atoms with E-state index in [-0.39, 0.29) is 5.69 Å². The van der Waals surface area contributed by atoms with E-state index in [1.54, 1.807) is 6.92 Å². The van der Waals surface area contributed by atoms with Crippen LogP contribution in [0.1, 0.15) is 19.8 Å². The molecule has 0 radical (unpaired) electrons. The number of nitrogens with one attached hydrogen (secondary N) is 1. The number of nitro groups is 1. The Kier molecular flexibility index (Phi) is 5.57. The van der Waals surface area contributed by atoms with Crippen molar-refractivity contribution < 1.29 is 14.8 Å². The first-order valence-corrected chi connectivity index (χ1v) is 6.20. The molecule has 0 bridgehead atoms. The van der Waals surface area contributed by atoms with E-state index in [0.29, 0.717) is 30.1 Å². The van der Waals surface area contributed by atoms with Crippen molar-refractivity contribution >= 4 is 28.9 Å². The van der Waals surface area contributed by atoms with Crippen LogP contribution in [0.4, 0.5) is 11.4 Å². The largest absolute Gasteiger partial charge is 0.481 e. The molecule has 1 atom stereocenters. The Bertz CT molecular complexity index is 479. The summed E-state index contributed by atoms with van der Waals surface area (Å²) in [5.74, 6) is -1.26. The molecule has 1 unspecified atom stereocenters. The van der Waals surface area contributed by atoms with Crippen LogP contribution >= 0.6 is 11.6 Å². The van der Waals surface area contributed by atoms with Gasteiger partial charge >= 0.3 is 5.97 Å². The summed E-state index contributed by atoms with van der Waals surface area (Å²) in [5.41, 5.74) is 0.302. The lowest BCUT2D eigenvalue weighted by atomic mass is 10.1. The maximum absolute atomic E-state index is 10.8. The number of aliphatic carboxylic acids is 1. The molecule has 1 rings (SSSR count). The number of benzene rings is 1. The summed E-state index contributed by atoms with van der Waals surface area (Å²) in [7, 11) is 0. The highest BCUT2D eigenvalue weighted by Gasteiger charge is 2.14. The Morgan fingerprint density at radius 2 is 2.26 bits per heavy atom. The number of hydrogen-bond acceptors (Lipinski definition) is 4. The molecule has 0 amide bonds. The SMILES string of the molecule is CC(CCCNc1cc(Cl)ccc1[N+](=O)[O-])C(=O)O. The summed E-state index contributed by atoms with van der Waals surface area (Å²) in [6, 6.07) is 4.28. The highest BCUT2D eigenvalue weighted by molar-refractivity contribution is 6.31. The van der Waals surface area contributed by atoms with Crippen molar-refractivity contribution in [3.63, 3.8) is 0 Å². The molecule has 0 spiro atoms. The van der Waals surface area contributed by atoms with Crippen LogP contribution in [-0.2, 0) is 4.79 Å². The fourth-order valence-corrected chi connectivity index (χ4v) is 1.74. The Hall–Kier alpha value is -1.82. The molecule has 0 aliphatic heterocycles. The molecule has 0 heterocycles. The summed E-state index contributed by atoms with van der Waals surface area (Å²) in [6.45, 7) is 2.09. The van der Waals surface area contributed by atoms with Crippen molar-refractivity contribution in [2.45, 2.75) is 19.8 Å². The average Bonchev–Trinajstić information content (AvgIpc) is 2.33. The lowest BCUT2D eigenvalue weighted by Gasteiger charge is -2.09. The Labute approximate surface area is 115 Å². The highest BCUT2D eigenvalue weighted by atomic mass is 35.5. The van der Waals surface area contributed by atoms with Gasteiger partial charge in [0.15, 0.2) is 0 Å². The molecule has 0 aromatic heterocycles. The molecule has 6 nitrogen and oxygen atoms in total. The quantitative estimate of drug-likeness (QED) is 0.456. The molecule has 0 aliphatic rings. The predicted molar refractivity (Wildman–Crippen MR) is 72.6 cm³/mol. The fourth-order valence-electron chi connectivity index (χ4n) is 1.56. The third-order valence-corrected chi connectivity index (χ3v) is 2.94. The van der Waals surface area contributed by atoms with Gasteiger partial charge < -0.3 is 10.4 Å². The van der Waals surface area contributed by atoms with Gasteiger partial charge in [0.2, 0.25) is 0 Å². The summed E-state index contributed by atoms with van der Waals surface area (Å²) in [5, 5.41) is 22.9. The molecule has 19 heavy (non-hydrogen) atoms. The number of nitro benzene ring substituents is 1. The number of carboxylic acid groups (broad SMARTS) is 1. The van der Waals surface area contributed by atoms with Gasteiger partial charge in [-0.25, -0.2) is 0 Å². The third-order valence-electron chi connectivity index (χ3n) is 2.71. The lowest BCUT2D eigenvalue weighted by molar-refractivity contribution is -0.384. The monoisotopic (exact) mass is 286 g/mol. The number of halogens is 1. The van der Waals surface area contributed by atoms with Gasteiger partial charge in [-0.1, -0.05) is 18.5 Å². The maximum Gasteiger partial charge on any atom is 0.306 e. The van der Waals surface area contributed by atoms with Crippen molar-refractivity contribution in [3.8, 4) is 0 Å². The molecule has 0 aliphatic carbocycles. The van der Waals surface area contributed by atoms with E-state index in [1.165, 1.54) is 18.2 Å². The van der Waals surface area contributed by atoms with Crippen LogP contribution in [0.5, 0.6) is 0 Å². The Balaban J connectivity index is 2.55. The second kappa shape index (κ2) is 6.94. The molecule has 0 saturated carbocycles. The van der Waals surface area contributed by atoms with Crippen LogP contribution in [-0.4, -0.2) is 22.5 Å². The van der Waals surface area contributed by atoms with Crippen molar-refractivity contribution in [3.05, 3.63) is 33.3 Å². The van der Waals surface area contributed by atoms with Gasteiger partial charge in [0.05, 0.1) is 10.8 Å². The molecule has 0 saturated heterocycles. The molecule has 1 aromatic carbocycles. The Morgan fingerprint density at radius 1 is 1.58 bits per heavy atom. The molecule has 7 heteroatoms. The normalized spacial score (nSPS) is 11.9. The van der Waals surface area contributed by atoms with Gasteiger partial charge in [0.1, 0.15) is 5.69 Å². The van der Waals surface area contributed by atoms with Crippen LogP contribution in [0.15, 0.2) is 18.2 Å². The summed E-state index contributed by atoms with van der Waals surface area (Å²) in [4.78, 5) is 20.9. The summed E-state index contributed by atoms with van der Waals surface area (Å²) in [6.07, 6.45) is 1.12. The van der Waals surface area contributed by atoms with E-state index in [0.717, 1.165) is 0 Å². The second-order valence-electron chi connectivity index (χ2n) is 4.23. The van der Waals surface area contributed by atoms with E-state index in [1.807, 2.05) is 0 Å². The molecule has 0 fully saturated rings. The topological polar surface area (TPSA) is 92.5 Å². The molecule has 1 aromatic rings. The van der Waals surface area contributed by atoms with E-state index in [4.69, 9.17) is 16.7 Å². The molecule has 2 N–H and O–H groups in total. The standard InChI is InChI=1S/C12H15ClN2O4/c1-8(12(16)17)3-2-6-14-10-7-9(13)4-5-11(10)15(18)19/h4-5,7-8,14H,2-3,6H2,1H3,(H,16,17). The van der Waals surface area contributed by atoms with Crippen molar-refractivity contribution in [2.24, 2.45) is 5.92 Å². The first kappa shape index (κ1) is 15.2. The predicted octanol–water partition coefficient (Wildman–Crippen LogP) is 3.16. The van der Waals surface area contributed by atoms with Crippen LogP contribution in [0, 0.1) is 16.0 Å². The minimum atomic E-state index is -0.839. The number of carboxylic acids is 1. The van der Waals surface area contributed by atoms with Crippen LogP contribution in [0.3, 0.4) is 0 Å². The Morgan fingerprint density at radius 3 is 2.84 bits per heavy atom. The zero-order valence-electron chi connectivity index (χ0n) is 10.4.